The highest BCUT2D eigenvalue weighted by Gasteiger charge is 2.32. The summed E-state index contributed by atoms with van der Waals surface area (Å²) in [6.07, 6.45) is 2.73. The Hall–Kier alpha value is -0.130. The van der Waals surface area contributed by atoms with Gasteiger partial charge in [-0.25, -0.2) is 8.42 Å². The summed E-state index contributed by atoms with van der Waals surface area (Å²) in [5.41, 5.74) is 6.07. The van der Waals surface area contributed by atoms with Gasteiger partial charge in [0.25, 0.3) is 0 Å². The number of nitrogens with zero attached hydrogens (tertiary/aromatic N) is 1. The second-order valence-electron chi connectivity index (χ2n) is 5.31. The van der Waals surface area contributed by atoms with Crippen LogP contribution in [0, 0.1) is 5.92 Å². The van der Waals surface area contributed by atoms with Crippen molar-refractivity contribution < 1.29 is 8.42 Å². The third kappa shape index (κ3) is 2.76. The molecule has 5 heteroatoms. The molecule has 0 saturated carbocycles. The van der Waals surface area contributed by atoms with E-state index in [1.807, 2.05) is 0 Å². The maximum absolute atomic E-state index is 11.4. The van der Waals surface area contributed by atoms with Crippen molar-refractivity contribution in [1.82, 2.24) is 4.90 Å². The molecular weight excluding hydrogens is 224 g/mol. The molecule has 0 aliphatic carbocycles. The van der Waals surface area contributed by atoms with Crippen LogP contribution in [0.25, 0.3) is 0 Å². The summed E-state index contributed by atoms with van der Waals surface area (Å²) in [5.74, 6) is 1.32. The van der Waals surface area contributed by atoms with Gasteiger partial charge in [0, 0.05) is 18.6 Å². The molecule has 2 saturated heterocycles. The van der Waals surface area contributed by atoms with Gasteiger partial charge in [0.15, 0.2) is 0 Å². The van der Waals surface area contributed by atoms with Crippen LogP contribution in [0.3, 0.4) is 0 Å². The summed E-state index contributed by atoms with van der Waals surface area (Å²) in [7, 11) is -2.74. The zero-order valence-electron chi connectivity index (χ0n) is 9.93. The van der Waals surface area contributed by atoms with E-state index in [2.05, 4.69) is 11.8 Å². The molecule has 2 aliphatic rings. The lowest BCUT2D eigenvalue weighted by Crippen LogP contribution is -2.52. The minimum absolute atomic E-state index is 0.257. The lowest BCUT2D eigenvalue weighted by molar-refractivity contribution is 0.113. The molecule has 0 amide bonds. The van der Waals surface area contributed by atoms with Gasteiger partial charge in [0.2, 0.25) is 0 Å². The molecule has 2 atom stereocenters. The van der Waals surface area contributed by atoms with Crippen molar-refractivity contribution >= 4 is 9.84 Å². The Morgan fingerprint density at radius 3 is 2.38 bits per heavy atom. The predicted octanol–water partition coefficient (Wildman–Crippen LogP) is 0.233. The third-order valence-corrected chi connectivity index (χ3v) is 5.80. The quantitative estimate of drug-likeness (QED) is 0.719. The van der Waals surface area contributed by atoms with E-state index in [4.69, 9.17) is 5.73 Å². The zero-order chi connectivity index (χ0) is 11.8. The first-order valence-corrected chi connectivity index (χ1v) is 8.00. The highest BCUT2D eigenvalue weighted by atomic mass is 32.2. The van der Waals surface area contributed by atoms with Gasteiger partial charge in [-0.05, 0) is 31.7 Å². The first-order valence-electron chi connectivity index (χ1n) is 6.18. The normalized spacial score (nSPS) is 37.4. The topological polar surface area (TPSA) is 63.4 Å². The lowest BCUT2D eigenvalue weighted by Gasteiger charge is -2.41. The Labute approximate surface area is 98.1 Å². The maximum atomic E-state index is 11.4. The summed E-state index contributed by atoms with van der Waals surface area (Å²) in [6.45, 7) is 4.22. The lowest BCUT2D eigenvalue weighted by atomic mass is 9.92. The molecule has 0 aromatic carbocycles. The Morgan fingerprint density at radius 1 is 1.19 bits per heavy atom. The fraction of sp³-hybridized carbons (Fsp3) is 1.00. The van der Waals surface area contributed by atoms with Gasteiger partial charge in [-0.3, -0.25) is 4.90 Å². The Morgan fingerprint density at radius 2 is 1.81 bits per heavy atom. The zero-order valence-corrected chi connectivity index (χ0v) is 10.7. The molecule has 0 radical (unpaired) electrons. The number of nitrogens with two attached hydrogens (primary N) is 1. The summed E-state index contributed by atoms with van der Waals surface area (Å²) in [6, 6.07) is 0.703. The van der Waals surface area contributed by atoms with Gasteiger partial charge in [-0.1, -0.05) is 6.92 Å². The van der Waals surface area contributed by atoms with Crippen molar-refractivity contribution in [1.29, 1.82) is 0 Å². The van der Waals surface area contributed by atoms with E-state index >= 15 is 0 Å². The first-order chi connectivity index (χ1) is 7.48. The summed E-state index contributed by atoms with van der Waals surface area (Å²) >= 11 is 0. The fourth-order valence-electron chi connectivity index (χ4n) is 2.70. The van der Waals surface area contributed by atoms with Gasteiger partial charge < -0.3 is 5.73 Å². The van der Waals surface area contributed by atoms with Gasteiger partial charge in [0.1, 0.15) is 9.84 Å². The minimum Gasteiger partial charge on any atom is -0.326 e. The molecule has 2 rings (SSSR count). The molecule has 0 aromatic rings. The van der Waals surface area contributed by atoms with Crippen LogP contribution >= 0.6 is 0 Å². The Kier molecular flexibility index (Phi) is 3.56. The number of sulfone groups is 1. The fourth-order valence-corrected chi connectivity index (χ4v) is 4.17. The SMILES string of the molecule is CC1CCN(C2CCS(=O)(=O)CC2)CC1N. The average Bonchev–Trinajstić information content (AvgIpc) is 2.22. The monoisotopic (exact) mass is 246 g/mol. The van der Waals surface area contributed by atoms with E-state index < -0.39 is 9.84 Å². The smallest absolute Gasteiger partial charge is 0.150 e. The molecule has 2 heterocycles. The van der Waals surface area contributed by atoms with Crippen LogP contribution < -0.4 is 5.73 Å². The number of likely N-dealkylation sites (tertiary alicyclic amines) is 1. The van der Waals surface area contributed by atoms with Crippen LogP contribution in [0.15, 0.2) is 0 Å². The molecule has 2 unspecified atom stereocenters. The highest BCUT2D eigenvalue weighted by Crippen LogP contribution is 2.23. The van der Waals surface area contributed by atoms with E-state index in [9.17, 15) is 8.42 Å². The van der Waals surface area contributed by atoms with Crippen molar-refractivity contribution in [2.45, 2.75) is 38.3 Å². The van der Waals surface area contributed by atoms with E-state index in [1.165, 1.54) is 0 Å². The summed E-state index contributed by atoms with van der Waals surface area (Å²) in [4.78, 5) is 2.40. The van der Waals surface area contributed by atoms with Crippen molar-refractivity contribution in [2.75, 3.05) is 24.6 Å². The van der Waals surface area contributed by atoms with E-state index in [0.29, 0.717) is 23.5 Å². The Bertz CT molecular complexity index is 328. The van der Waals surface area contributed by atoms with Gasteiger partial charge >= 0.3 is 0 Å². The molecule has 4 nitrogen and oxygen atoms in total. The predicted molar refractivity (Wildman–Crippen MR) is 65.0 cm³/mol. The van der Waals surface area contributed by atoms with Crippen LogP contribution in [-0.2, 0) is 9.84 Å². The van der Waals surface area contributed by atoms with Crippen LogP contribution in [0.4, 0.5) is 0 Å². The van der Waals surface area contributed by atoms with E-state index in [0.717, 1.165) is 32.4 Å². The standard InChI is InChI=1S/C11H22N2O2S/c1-9-2-5-13(8-11(9)12)10-3-6-16(14,15)7-4-10/h9-11H,2-8,12H2,1H3. The van der Waals surface area contributed by atoms with Gasteiger partial charge in [0.05, 0.1) is 11.5 Å². The van der Waals surface area contributed by atoms with Crippen molar-refractivity contribution in [3.8, 4) is 0 Å². The molecule has 2 N–H and O–H groups in total. The van der Waals surface area contributed by atoms with E-state index in [-0.39, 0.29) is 6.04 Å². The van der Waals surface area contributed by atoms with E-state index in [1.54, 1.807) is 0 Å². The first kappa shape index (κ1) is 12.3. The maximum Gasteiger partial charge on any atom is 0.150 e. The molecule has 0 bridgehead atoms. The average molecular weight is 246 g/mol. The number of rotatable bonds is 1. The van der Waals surface area contributed by atoms with Crippen molar-refractivity contribution in [3.63, 3.8) is 0 Å². The molecule has 16 heavy (non-hydrogen) atoms. The summed E-state index contributed by atoms with van der Waals surface area (Å²) in [5, 5.41) is 0. The molecule has 2 fully saturated rings. The second-order valence-corrected chi connectivity index (χ2v) is 7.61. The minimum atomic E-state index is -2.74. The van der Waals surface area contributed by atoms with Crippen LogP contribution in [0.1, 0.15) is 26.2 Å². The molecule has 94 valence electrons. The number of hydrogen-bond acceptors (Lipinski definition) is 4. The van der Waals surface area contributed by atoms with Crippen molar-refractivity contribution in [3.05, 3.63) is 0 Å². The van der Waals surface area contributed by atoms with Crippen LogP contribution in [0.2, 0.25) is 0 Å². The van der Waals surface area contributed by atoms with Crippen LogP contribution in [0.5, 0.6) is 0 Å². The second kappa shape index (κ2) is 4.63. The number of piperidine rings is 1. The third-order valence-electron chi connectivity index (χ3n) is 4.09. The number of hydrogen-bond donors (Lipinski definition) is 1. The molecule has 0 spiro atoms. The van der Waals surface area contributed by atoms with Crippen molar-refractivity contribution in [2.24, 2.45) is 11.7 Å². The molecule has 0 aromatic heterocycles. The molecular formula is C11H22N2O2S. The van der Waals surface area contributed by atoms with Gasteiger partial charge in [-0.15, -0.1) is 0 Å². The molecule has 2 aliphatic heterocycles. The largest absolute Gasteiger partial charge is 0.326 e. The Balaban J connectivity index is 1.90. The van der Waals surface area contributed by atoms with Gasteiger partial charge in [-0.2, -0.15) is 0 Å². The van der Waals surface area contributed by atoms with Crippen LogP contribution in [-0.4, -0.2) is 50.0 Å². The summed E-state index contributed by atoms with van der Waals surface area (Å²) < 4.78 is 22.7. The highest BCUT2D eigenvalue weighted by molar-refractivity contribution is 7.91.